The summed E-state index contributed by atoms with van der Waals surface area (Å²) in [4.78, 5) is 13.6. The van der Waals surface area contributed by atoms with E-state index in [1.807, 2.05) is 0 Å². The number of carbonyl (C=O) groups is 1. The van der Waals surface area contributed by atoms with Crippen LogP contribution >= 0.6 is 23.2 Å². The van der Waals surface area contributed by atoms with Gasteiger partial charge >= 0.3 is 0 Å². The van der Waals surface area contributed by atoms with Crippen LogP contribution in [0.1, 0.15) is 17.9 Å². The Kier molecular flexibility index (Phi) is 4.55. The van der Waals surface area contributed by atoms with Crippen LogP contribution in [-0.4, -0.2) is 42.7 Å². The van der Waals surface area contributed by atoms with Crippen LogP contribution in [0.5, 0.6) is 5.75 Å². The maximum absolute atomic E-state index is 11.9. The van der Waals surface area contributed by atoms with E-state index in [-0.39, 0.29) is 17.6 Å². The highest BCUT2D eigenvalue weighted by atomic mass is 35.5. The summed E-state index contributed by atoms with van der Waals surface area (Å²) < 4.78 is 4.97. The number of carbonyl (C=O) groups excluding carboxylic acids is 1. The molecule has 1 aliphatic rings. The number of hydrogen-bond donors (Lipinski definition) is 1. The topological polar surface area (TPSA) is 49.8 Å². The Balaban J connectivity index is 2.21. The molecule has 1 heterocycles. The summed E-state index contributed by atoms with van der Waals surface area (Å²) in [5.41, 5.74) is 0.558. The third-order valence-corrected chi connectivity index (χ3v) is 4.12. The molecule has 19 heavy (non-hydrogen) atoms. The number of amides is 1. The third kappa shape index (κ3) is 2.96. The average molecular weight is 304 g/mol. The number of rotatable bonds is 4. The standard InChI is InChI=1S/C13H15Cl2NO3/c1-19-5-4-16-7-8(6-11(16)18)12-10(17)3-2-9(14)13(12)15/h2-3,8,17H,4-7H2,1H3/t8-/m1/s1. The van der Waals surface area contributed by atoms with Crippen molar-refractivity contribution < 1.29 is 14.6 Å². The highest BCUT2D eigenvalue weighted by Crippen LogP contribution is 2.41. The Morgan fingerprint density at radius 1 is 1.47 bits per heavy atom. The van der Waals surface area contributed by atoms with Gasteiger partial charge in [0.25, 0.3) is 0 Å². The first-order valence-electron chi connectivity index (χ1n) is 5.98. The minimum atomic E-state index is -0.129. The number of phenolic OH excluding ortho intramolecular Hbond substituents is 1. The third-order valence-electron chi connectivity index (χ3n) is 3.30. The predicted octanol–water partition coefficient (Wildman–Crippen LogP) is 2.66. The summed E-state index contributed by atoms with van der Waals surface area (Å²) in [6.45, 7) is 1.56. The highest BCUT2D eigenvalue weighted by Gasteiger charge is 2.33. The summed E-state index contributed by atoms with van der Waals surface area (Å²) in [6.07, 6.45) is 0.331. The molecule has 0 spiro atoms. The lowest BCUT2D eigenvalue weighted by molar-refractivity contribution is -0.128. The molecule has 0 aromatic heterocycles. The van der Waals surface area contributed by atoms with Gasteiger partial charge in [0.15, 0.2) is 0 Å². The normalized spacial score (nSPS) is 19.2. The van der Waals surface area contributed by atoms with Gasteiger partial charge in [-0.1, -0.05) is 23.2 Å². The van der Waals surface area contributed by atoms with E-state index in [1.54, 1.807) is 18.1 Å². The van der Waals surface area contributed by atoms with Crippen molar-refractivity contribution in [1.82, 2.24) is 4.90 Å². The number of nitrogens with zero attached hydrogens (tertiary/aromatic N) is 1. The van der Waals surface area contributed by atoms with Crippen LogP contribution in [0.15, 0.2) is 12.1 Å². The molecular formula is C13H15Cl2NO3. The second-order valence-electron chi connectivity index (χ2n) is 4.53. The van der Waals surface area contributed by atoms with Crippen LogP contribution in [-0.2, 0) is 9.53 Å². The molecule has 1 atom stereocenters. The molecule has 2 rings (SSSR count). The fourth-order valence-electron chi connectivity index (χ4n) is 2.33. The van der Waals surface area contributed by atoms with Crippen molar-refractivity contribution in [2.45, 2.75) is 12.3 Å². The molecule has 0 bridgehead atoms. The van der Waals surface area contributed by atoms with Crippen molar-refractivity contribution in [2.75, 3.05) is 26.8 Å². The van der Waals surface area contributed by atoms with Crippen LogP contribution in [0.2, 0.25) is 10.0 Å². The van der Waals surface area contributed by atoms with Gasteiger partial charge in [-0.05, 0) is 12.1 Å². The number of phenols is 1. The van der Waals surface area contributed by atoms with Gasteiger partial charge in [-0.15, -0.1) is 0 Å². The molecule has 1 fully saturated rings. The molecule has 0 saturated carbocycles. The van der Waals surface area contributed by atoms with Crippen LogP contribution in [0.3, 0.4) is 0 Å². The number of halogens is 2. The number of ether oxygens (including phenoxy) is 1. The molecule has 104 valence electrons. The molecular weight excluding hydrogens is 289 g/mol. The average Bonchev–Trinajstić information content (AvgIpc) is 2.73. The zero-order chi connectivity index (χ0) is 14.0. The van der Waals surface area contributed by atoms with Crippen LogP contribution in [0.4, 0.5) is 0 Å². The van der Waals surface area contributed by atoms with Gasteiger partial charge in [0.2, 0.25) is 5.91 Å². The van der Waals surface area contributed by atoms with Crippen LogP contribution in [0.25, 0.3) is 0 Å². The van der Waals surface area contributed by atoms with Gasteiger partial charge < -0.3 is 14.7 Å². The van der Waals surface area contributed by atoms with Crippen molar-refractivity contribution in [2.24, 2.45) is 0 Å². The Morgan fingerprint density at radius 3 is 2.89 bits per heavy atom. The first kappa shape index (κ1) is 14.4. The monoisotopic (exact) mass is 303 g/mol. The maximum Gasteiger partial charge on any atom is 0.223 e. The van der Waals surface area contributed by atoms with Gasteiger partial charge in [0, 0.05) is 38.1 Å². The number of aromatic hydroxyl groups is 1. The number of methoxy groups -OCH3 is 1. The van der Waals surface area contributed by atoms with Gasteiger partial charge in [-0.25, -0.2) is 0 Å². The Morgan fingerprint density at radius 2 is 2.21 bits per heavy atom. The van der Waals surface area contributed by atoms with E-state index in [0.717, 1.165) is 0 Å². The Bertz CT molecular complexity index is 493. The predicted molar refractivity (Wildman–Crippen MR) is 73.9 cm³/mol. The largest absolute Gasteiger partial charge is 0.508 e. The van der Waals surface area contributed by atoms with E-state index < -0.39 is 0 Å². The van der Waals surface area contributed by atoms with Gasteiger partial charge in [0.05, 0.1) is 16.7 Å². The van der Waals surface area contributed by atoms with Crippen LogP contribution in [0, 0.1) is 0 Å². The minimum absolute atomic E-state index is 0.0393. The van der Waals surface area contributed by atoms with E-state index in [4.69, 9.17) is 27.9 Å². The van der Waals surface area contributed by atoms with Gasteiger partial charge in [-0.3, -0.25) is 4.79 Å². The fraction of sp³-hybridized carbons (Fsp3) is 0.462. The number of likely N-dealkylation sites (tertiary alicyclic amines) is 1. The second kappa shape index (κ2) is 5.99. The van der Waals surface area contributed by atoms with Crippen LogP contribution < -0.4 is 0 Å². The molecule has 0 radical (unpaired) electrons. The lowest BCUT2D eigenvalue weighted by atomic mass is 9.97. The number of benzene rings is 1. The van der Waals surface area contributed by atoms with E-state index in [1.165, 1.54) is 6.07 Å². The summed E-state index contributed by atoms with van der Waals surface area (Å²) >= 11 is 12.1. The molecule has 1 saturated heterocycles. The summed E-state index contributed by atoms with van der Waals surface area (Å²) in [5, 5.41) is 10.6. The van der Waals surface area contributed by atoms with Crippen molar-refractivity contribution in [3.8, 4) is 5.75 Å². The molecule has 4 nitrogen and oxygen atoms in total. The molecule has 1 aromatic rings. The molecule has 1 aromatic carbocycles. The summed E-state index contributed by atoms with van der Waals surface area (Å²) in [5.74, 6) is -0.00570. The van der Waals surface area contributed by atoms with E-state index in [2.05, 4.69) is 0 Å². The molecule has 6 heteroatoms. The first-order chi connectivity index (χ1) is 9.04. The van der Waals surface area contributed by atoms with Crippen molar-refractivity contribution in [3.05, 3.63) is 27.7 Å². The smallest absolute Gasteiger partial charge is 0.223 e. The van der Waals surface area contributed by atoms with Gasteiger partial charge in [0.1, 0.15) is 5.75 Å². The summed E-state index contributed by atoms with van der Waals surface area (Å²) in [6, 6.07) is 3.05. The lowest BCUT2D eigenvalue weighted by Crippen LogP contribution is -2.28. The van der Waals surface area contributed by atoms with E-state index in [9.17, 15) is 9.90 Å². The van der Waals surface area contributed by atoms with Crippen molar-refractivity contribution in [1.29, 1.82) is 0 Å². The molecule has 1 aliphatic heterocycles. The zero-order valence-electron chi connectivity index (χ0n) is 10.5. The molecule has 0 unspecified atom stereocenters. The second-order valence-corrected chi connectivity index (χ2v) is 5.31. The van der Waals surface area contributed by atoms with Gasteiger partial charge in [-0.2, -0.15) is 0 Å². The SMILES string of the molecule is COCCN1C[C@H](c2c(O)ccc(Cl)c2Cl)CC1=O. The number of hydrogen-bond acceptors (Lipinski definition) is 3. The molecule has 1 N–H and O–H groups in total. The Hall–Kier alpha value is -0.970. The maximum atomic E-state index is 11.9. The minimum Gasteiger partial charge on any atom is -0.508 e. The highest BCUT2D eigenvalue weighted by molar-refractivity contribution is 6.42. The van der Waals surface area contributed by atoms with Crippen molar-refractivity contribution >= 4 is 29.1 Å². The fourth-order valence-corrected chi connectivity index (χ4v) is 2.81. The zero-order valence-corrected chi connectivity index (χ0v) is 12.0. The van der Waals surface area contributed by atoms with E-state index in [0.29, 0.717) is 41.7 Å². The molecule has 0 aliphatic carbocycles. The van der Waals surface area contributed by atoms with Crippen molar-refractivity contribution in [3.63, 3.8) is 0 Å². The molecule has 1 amide bonds. The Labute approximate surface area is 121 Å². The quantitative estimate of drug-likeness (QED) is 0.930. The first-order valence-corrected chi connectivity index (χ1v) is 6.73. The lowest BCUT2D eigenvalue weighted by Gasteiger charge is -2.17. The summed E-state index contributed by atoms with van der Waals surface area (Å²) in [7, 11) is 1.59. The van der Waals surface area contributed by atoms with E-state index >= 15 is 0 Å².